The molecule has 0 spiro atoms. The Hall–Kier alpha value is -1.18. The Morgan fingerprint density at radius 2 is 2.23 bits per heavy atom. The Bertz CT molecular complexity index is 687. The standard InChI is InChI=1S/C15H18BrNO4S/c1-2-6-17(13-5-7-22(20,21)10-13)9-12-4-3-11(15(18)19)8-14(12)16/h2-4,8,13H,1,5-7,9-10H2,(H,18,19). The van der Waals surface area contributed by atoms with Crippen molar-refractivity contribution in [1.29, 1.82) is 0 Å². The molecule has 22 heavy (non-hydrogen) atoms. The van der Waals surface area contributed by atoms with Crippen molar-refractivity contribution < 1.29 is 18.3 Å². The number of nitrogens with zero attached hydrogens (tertiary/aromatic N) is 1. The van der Waals surface area contributed by atoms with E-state index in [0.717, 1.165) is 5.56 Å². The summed E-state index contributed by atoms with van der Waals surface area (Å²) in [6, 6.07) is 4.86. The number of carbonyl (C=O) groups is 1. The summed E-state index contributed by atoms with van der Waals surface area (Å²) in [5.74, 6) is -0.576. The molecule has 1 unspecified atom stereocenters. The van der Waals surface area contributed by atoms with Gasteiger partial charge in [-0.1, -0.05) is 28.1 Å². The molecule has 7 heteroatoms. The molecule has 0 aromatic heterocycles. The molecule has 0 saturated carbocycles. The maximum Gasteiger partial charge on any atom is 0.335 e. The zero-order valence-corrected chi connectivity index (χ0v) is 14.4. The number of halogens is 1. The maximum absolute atomic E-state index is 11.7. The summed E-state index contributed by atoms with van der Waals surface area (Å²) in [7, 11) is -2.94. The number of carboxylic acids is 1. The first kappa shape index (κ1) is 17.2. The highest BCUT2D eigenvalue weighted by Gasteiger charge is 2.31. The van der Waals surface area contributed by atoms with Crippen LogP contribution >= 0.6 is 15.9 Å². The van der Waals surface area contributed by atoms with E-state index < -0.39 is 15.8 Å². The molecule has 1 saturated heterocycles. The van der Waals surface area contributed by atoms with Gasteiger partial charge < -0.3 is 5.11 Å². The van der Waals surface area contributed by atoms with Crippen molar-refractivity contribution in [3.8, 4) is 0 Å². The minimum absolute atomic E-state index is 0.0194. The molecule has 0 bridgehead atoms. The highest BCUT2D eigenvalue weighted by molar-refractivity contribution is 9.10. The predicted octanol–water partition coefficient (Wildman–Crippen LogP) is 2.32. The van der Waals surface area contributed by atoms with Gasteiger partial charge in [-0.3, -0.25) is 4.90 Å². The first-order chi connectivity index (χ1) is 10.3. The van der Waals surface area contributed by atoms with Crippen molar-refractivity contribution in [2.24, 2.45) is 0 Å². The second kappa shape index (κ2) is 6.93. The zero-order chi connectivity index (χ0) is 16.3. The van der Waals surface area contributed by atoms with E-state index in [1.165, 1.54) is 0 Å². The van der Waals surface area contributed by atoms with Gasteiger partial charge in [0.25, 0.3) is 0 Å². The lowest BCUT2D eigenvalue weighted by atomic mass is 10.1. The number of carboxylic acid groups (broad SMARTS) is 1. The quantitative estimate of drug-likeness (QED) is 0.758. The van der Waals surface area contributed by atoms with E-state index in [0.29, 0.717) is 24.0 Å². The summed E-state index contributed by atoms with van der Waals surface area (Å²) < 4.78 is 24.0. The van der Waals surface area contributed by atoms with Gasteiger partial charge in [0.2, 0.25) is 0 Å². The molecule has 1 aromatic rings. The summed E-state index contributed by atoms with van der Waals surface area (Å²) in [6.07, 6.45) is 2.38. The summed E-state index contributed by atoms with van der Waals surface area (Å²) >= 11 is 3.39. The minimum atomic E-state index is -2.94. The Kier molecular flexibility index (Phi) is 5.41. The summed E-state index contributed by atoms with van der Waals surface area (Å²) in [5.41, 5.74) is 1.14. The van der Waals surface area contributed by atoms with E-state index in [1.54, 1.807) is 24.3 Å². The smallest absolute Gasteiger partial charge is 0.335 e. The number of sulfone groups is 1. The number of aromatic carboxylic acids is 1. The van der Waals surface area contributed by atoms with Crippen molar-refractivity contribution in [2.75, 3.05) is 18.1 Å². The van der Waals surface area contributed by atoms with Crippen LogP contribution in [0.2, 0.25) is 0 Å². The fraction of sp³-hybridized carbons (Fsp3) is 0.400. The van der Waals surface area contributed by atoms with Crippen LogP contribution in [-0.2, 0) is 16.4 Å². The summed E-state index contributed by atoms with van der Waals surface area (Å²) in [5, 5.41) is 8.99. The van der Waals surface area contributed by atoms with Crippen LogP contribution in [0.1, 0.15) is 22.3 Å². The predicted molar refractivity (Wildman–Crippen MR) is 88.8 cm³/mol. The van der Waals surface area contributed by atoms with Gasteiger partial charge in [0.05, 0.1) is 17.1 Å². The molecule has 1 aliphatic rings. The highest BCUT2D eigenvalue weighted by atomic mass is 79.9. The minimum Gasteiger partial charge on any atom is -0.478 e. The fourth-order valence-electron chi connectivity index (χ4n) is 2.60. The second-order valence-corrected chi connectivity index (χ2v) is 8.47. The molecule has 1 N–H and O–H groups in total. The van der Waals surface area contributed by atoms with Crippen LogP contribution in [0.4, 0.5) is 0 Å². The van der Waals surface area contributed by atoms with Crippen molar-refractivity contribution >= 4 is 31.7 Å². The highest BCUT2D eigenvalue weighted by Crippen LogP contribution is 2.24. The van der Waals surface area contributed by atoms with Crippen LogP contribution in [-0.4, -0.2) is 48.5 Å². The van der Waals surface area contributed by atoms with E-state index in [1.807, 2.05) is 0 Å². The van der Waals surface area contributed by atoms with Gasteiger partial charge in [-0.25, -0.2) is 13.2 Å². The molecule has 0 amide bonds. The van der Waals surface area contributed by atoms with E-state index in [4.69, 9.17) is 5.11 Å². The third-order valence-electron chi connectivity index (χ3n) is 3.76. The average molecular weight is 388 g/mol. The number of benzene rings is 1. The van der Waals surface area contributed by atoms with Crippen molar-refractivity contribution in [2.45, 2.75) is 19.0 Å². The molecule has 1 aliphatic heterocycles. The molecule has 5 nitrogen and oxygen atoms in total. The molecule has 0 radical (unpaired) electrons. The largest absolute Gasteiger partial charge is 0.478 e. The molecule has 1 heterocycles. The molecular weight excluding hydrogens is 370 g/mol. The fourth-order valence-corrected chi connectivity index (χ4v) is 4.87. The van der Waals surface area contributed by atoms with E-state index in [2.05, 4.69) is 27.4 Å². The van der Waals surface area contributed by atoms with Crippen molar-refractivity contribution in [1.82, 2.24) is 4.90 Å². The molecule has 1 fully saturated rings. The molecule has 2 rings (SSSR count). The van der Waals surface area contributed by atoms with E-state index in [9.17, 15) is 13.2 Å². The maximum atomic E-state index is 11.7. The van der Waals surface area contributed by atoms with Crippen molar-refractivity contribution in [3.05, 3.63) is 46.5 Å². The van der Waals surface area contributed by atoms with Gasteiger partial charge in [0, 0.05) is 23.6 Å². The lowest BCUT2D eigenvalue weighted by Crippen LogP contribution is -2.36. The SMILES string of the molecule is C=CCN(Cc1ccc(C(=O)O)cc1Br)C1CCS(=O)(=O)C1. The normalized spacial score (nSPS) is 20.2. The van der Waals surface area contributed by atoms with Gasteiger partial charge in [-0.15, -0.1) is 6.58 Å². The Labute approximate surface area is 138 Å². The van der Waals surface area contributed by atoms with Gasteiger partial charge >= 0.3 is 5.97 Å². The lowest BCUT2D eigenvalue weighted by Gasteiger charge is -2.27. The van der Waals surface area contributed by atoms with Crippen LogP contribution in [0.5, 0.6) is 0 Å². The third kappa shape index (κ3) is 4.18. The first-order valence-corrected chi connectivity index (χ1v) is 9.51. The Morgan fingerprint density at radius 1 is 1.50 bits per heavy atom. The molecule has 1 atom stereocenters. The zero-order valence-electron chi connectivity index (χ0n) is 12.0. The van der Waals surface area contributed by atoms with Crippen LogP contribution < -0.4 is 0 Å². The Balaban J connectivity index is 2.18. The Morgan fingerprint density at radius 3 is 2.73 bits per heavy atom. The van der Waals surface area contributed by atoms with Crippen LogP contribution in [0, 0.1) is 0 Å². The van der Waals surface area contributed by atoms with E-state index in [-0.39, 0.29) is 23.1 Å². The van der Waals surface area contributed by atoms with Crippen molar-refractivity contribution in [3.63, 3.8) is 0 Å². The molecule has 1 aromatic carbocycles. The molecular formula is C15H18BrNO4S. The topological polar surface area (TPSA) is 74.7 Å². The van der Waals surface area contributed by atoms with Gasteiger partial charge in [0.15, 0.2) is 9.84 Å². The lowest BCUT2D eigenvalue weighted by molar-refractivity contribution is 0.0696. The monoisotopic (exact) mass is 387 g/mol. The number of hydrogen-bond acceptors (Lipinski definition) is 4. The second-order valence-electron chi connectivity index (χ2n) is 5.39. The van der Waals surface area contributed by atoms with Gasteiger partial charge in [-0.05, 0) is 24.1 Å². The average Bonchev–Trinajstić information content (AvgIpc) is 2.80. The molecule has 0 aliphatic carbocycles. The van der Waals surface area contributed by atoms with Crippen LogP contribution in [0.15, 0.2) is 35.3 Å². The molecule has 120 valence electrons. The third-order valence-corrected chi connectivity index (χ3v) is 6.25. The summed E-state index contributed by atoms with van der Waals surface area (Å²) in [6.45, 7) is 4.87. The number of rotatable bonds is 6. The van der Waals surface area contributed by atoms with Crippen LogP contribution in [0.25, 0.3) is 0 Å². The first-order valence-electron chi connectivity index (χ1n) is 6.89. The van der Waals surface area contributed by atoms with Crippen LogP contribution in [0.3, 0.4) is 0 Å². The summed E-state index contributed by atoms with van der Waals surface area (Å²) in [4.78, 5) is 13.0. The number of hydrogen-bond donors (Lipinski definition) is 1. The van der Waals surface area contributed by atoms with Gasteiger partial charge in [0.1, 0.15) is 0 Å². The van der Waals surface area contributed by atoms with E-state index >= 15 is 0 Å². The van der Waals surface area contributed by atoms with Gasteiger partial charge in [-0.2, -0.15) is 0 Å².